The number of nitrogens with two attached hydrogens (primary N) is 1. The normalized spacial score (nSPS) is 23.5. The highest BCUT2D eigenvalue weighted by atomic mass is 19.1. The second kappa shape index (κ2) is 4.98. The summed E-state index contributed by atoms with van der Waals surface area (Å²) >= 11 is 0. The van der Waals surface area contributed by atoms with Crippen molar-refractivity contribution in [2.24, 2.45) is 16.6 Å². The lowest BCUT2D eigenvalue weighted by atomic mass is 9.97. The smallest absolute Gasteiger partial charge is 0.180 e. The lowest BCUT2D eigenvalue weighted by Crippen LogP contribution is -2.39. The minimum Gasteiger partial charge on any atom is -0.383 e. The van der Waals surface area contributed by atoms with Crippen LogP contribution in [0, 0.1) is 5.92 Å². The Morgan fingerprint density at radius 1 is 1.64 bits per heavy atom. The van der Waals surface area contributed by atoms with Gasteiger partial charge in [0.1, 0.15) is 12.0 Å². The van der Waals surface area contributed by atoms with Crippen LogP contribution < -0.4 is 11.1 Å². The molecule has 0 aliphatic carbocycles. The van der Waals surface area contributed by atoms with Gasteiger partial charge < -0.3 is 11.1 Å². The Bertz CT molecular complexity index is 248. The number of halogens is 1. The summed E-state index contributed by atoms with van der Waals surface area (Å²) in [5, 5.41) is 2.89. The number of rotatable bonds is 4. The summed E-state index contributed by atoms with van der Waals surface area (Å²) < 4.78 is 12.8. The quantitative estimate of drug-likeness (QED) is 0.726. The molecule has 2 atom stereocenters. The van der Waals surface area contributed by atoms with Crippen molar-refractivity contribution in [2.75, 3.05) is 0 Å². The lowest BCUT2D eigenvalue weighted by Gasteiger charge is -2.26. The summed E-state index contributed by atoms with van der Waals surface area (Å²) in [6.07, 6.45) is 4.38. The van der Waals surface area contributed by atoms with E-state index in [9.17, 15) is 4.39 Å². The number of nitrogens with zero attached hydrogens (tertiary/aromatic N) is 1. The molecular formula is C10H18FN3. The number of hydrogen-bond donors (Lipinski definition) is 2. The van der Waals surface area contributed by atoms with Crippen molar-refractivity contribution >= 4 is 6.21 Å². The molecule has 0 aromatic rings. The van der Waals surface area contributed by atoms with E-state index in [1.807, 2.05) is 0 Å². The largest absolute Gasteiger partial charge is 0.383 e. The molecular weight excluding hydrogens is 181 g/mol. The van der Waals surface area contributed by atoms with Crippen LogP contribution in [0.1, 0.15) is 33.1 Å². The van der Waals surface area contributed by atoms with Crippen LogP contribution in [0.25, 0.3) is 0 Å². The summed E-state index contributed by atoms with van der Waals surface area (Å²) in [5.41, 5.74) is 5.46. The third-order valence-corrected chi connectivity index (χ3v) is 2.54. The molecule has 1 aliphatic rings. The van der Waals surface area contributed by atoms with E-state index in [2.05, 4.69) is 24.2 Å². The van der Waals surface area contributed by atoms with Gasteiger partial charge in [-0.25, -0.2) is 4.39 Å². The van der Waals surface area contributed by atoms with Crippen LogP contribution in [0.5, 0.6) is 0 Å². The van der Waals surface area contributed by atoms with E-state index >= 15 is 0 Å². The van der Waals surface area contributed by atoms with E-state index in [-0.39, 0.29) is 12.0 Å². The van der Waals surface area contributed by atoms with Crippen LogP contribution in [-0.4, -0.2) is 12.4 Å². The Balaban J connectivity index is 2.60. The van der Waals surface area contributed by atoms with Gasteiger partial charge in [0, 0.05) is 0 Å². The predicted octanol–water partition coefficient (Wildman–Crippen LogP) is 1.91. The minimum atomic E-state index is -0.465. The standard InChI is InChI=1S/C10H18FN3/c1-3-5-7(4-2)10-13-6-8(11)9(12)14-10/h6-7,10,14H,3-5,12H2,1-2H3. The average Bonchev–Trinajstić information content (AvgIpc) is 2.19. The first-order valence-corrected chi connectivity index (χ1v) is 5.14. The molecule has 1 heterocycles. The molecule has 0 fully saturated rings. The maximum absolute atomic E-state index is 12.8. The van der Waals surface area contributed by atoms with Crippen molar-refractivity contribution < 1.29 is 4.39 Å². The second-order valence-electron chi connectivity index (χ2n) is 3.59. The SMILES string of the molecule is CCCC(CC)C1N=CC(F)=C(N)N1. The molecule has 0 radical (unpaired) electrons. The number of hydrogen-bond acceptors (Lipinski definition) is 3. The van der Waals surface area contributed by atoms with Crippen LogP contribution in [0.3, 0.4) is 0 Å². The molecule has 0 spiro atoms. The van der Waals surface area contributed by atoms with Gasteiger partial charge in [0.15, 0.2) is 5.83 Å². The minimum absolute atomic E-state index is 0.0561. The number of aliphatic imine (C=N–C) groups is 1. The van der Waals surface area contributed by atoms with Gasteiger partial charge in [0.25, 0.3) is 0 Å². The summed E-state index contributed by atoms with van der Waals surface area (Å²) in [5.74, 6) is 0.0788. The number of allylic oxidation sites excluding steroid dienone is 1. The summed E-state index contributed by atoms with van der Waals surface area (Å²) in [6, 6.07) is 0. The Morgan fingerprint density at radius 3 is 2.86 bits per heavy atom. The first-order valence-electron chi connectivity index (χ1n) is 5.14. The molecule has 1 aliphatic heterocycles. The van der Waals surface area contributed by atoms with Crippen molar-refractivity contribution in [2.45, 2.75) is 39.3 Å². The van der Waals surface area contributed by atoms with Crippen LogP contribution >= 0.6 is 0 Å². The molecule has 0 aromatic carbocycles. The zero-order valence-corrected chi connectivity index (χ0v) is 8.76. The summed E-state index contributed by atoms with van der Waals surface area (Å²) in [7, 11) is 0. The van der Waals surface area contributed by atoms with E-state index in [1.54, 1.807) is 0 Å². The van der Waals surface area contributed by atoms with Crippen LogP contribution in [0.2, 0.25) is 0 Å². The first-order chi connectivity index (χ1) is 6.69. The Morgan fingerprint density at radius 2 is 2.36 bits per heavy atom. The summed E-state index contributed by atoms with van der Waals surface area (Å²) in [6.45, 7) is 4.25. The zero-order chi connectivity index (χ0) is 10.6. The summed E-state index contributed by atoms with van der Waals surface area (Å²) in [4.78, 5) is 4.10. The molecule has 0 aromatic heterocycles. The molecule has 4 heteroatoms. The molecule has 1 rings (SSSR count). The van der Waals surface area contributed by atoms with Crippen molar-refractivity contribution in [1.82, 2.24) is 5.32 Å². The predicted molar refractivity (Wildman–Crippen MR) is 56.4 cm³/mol. The lowest BCUT2D eigenvalue weighted by molar-refractivity contribution is 0.342. The molecule has 14 heavy (non-hydrogen) atoms. The van der Waals surface area contributed by atoms with Gasteiger partial charge in [-0.15, -0.1) is 0 Å². The van der Waals surface area contributed by atoms with E-state index in [4.69, 9.17) is 5.73 Å². The average molecular weight is 199 g/mol. The van der Waals surface area contributed by atoms with Crippen molar-refractivity contribution in [3.63, 3.8) is 0 Å². The Labute approximate surface area is 84.3 Å². The molecule has 2 unspecified atom stereocenters. The van der Waals surface area contributed by atoms with Crippen LogP contribution in [0.4, 0.5) is 4.39 Å². The second-order valence-corrected chi connectivity index (χ2v) is 3.59. The van der Waals surface area contributed by atoms with Crippen molar-refractivity contribution in [1.29, 1.82) is 0 Å². The molecule has 0 saturated heterocycles. The highest BCUT2D eigenvalue weighted by Gasteiger charge is 2.21. The van der Waals surface area contributed by atoms with Gasteiger partial charge in [-0.3, -0.25) is 4.99 Å². The van der Waals surface area contributed by atoms with Gasteiger partial charge in [0.05, 0.1) is 6.21 Å². The zero-order valence-electron chi connectivity index (χ0n) is 8.76. The highest BCUT2D eigenvalue weighted by molar-refractivity contribution is 5.77. The fourth-order valence-electron chi connectivity index (χ4n) is 1.68. The van der Waals surface area contributed by atoms with Gasteiger partial charge in [-0.1, -0.05) is 20.3 Å². The Hall–Kier alpha value is -1.06. The maximum atomic E-state index is 12.8. The van der Waals surface area contributed by atoms with Gasteiger partial charge >= 0.3 is 0 Å². The van der Waals surface area contributed by atoms with Gasteiger partial charge in [0.2, 0.25) is 0 Å². The highest BCUT2D eigenvalue weighted by Crippen LogP contribution is 2.19. The van der Waals surface area contributed by atoms with Gasteiger partial charge in [-0.05, 0) is 18.8 Å². The first kappa shape index (κ1) is 11.0. The molecule has 3 N–H and O–H groups in total. The molecule has 3 nitrogen and oxygen atoms in total. The monoisotopic (exact) mass is 199 g/mol. The fraction of sp³-hybridized carbons (Fsp3) is 0.700. The van der Waals surface area contributed by atoms with Gasteiger partial charge in [-0.2, -0.15) is 0 Å². The third kappa shape index (κ3) is 2.47. The Kier molecular flexibility index (Phi) is 3.92. The number of nitrogens with one attached hydrogen (secondary N) is 1. The van der Waals surface area contributed by atoms with E-state index in [1.165, 1.54) is 6.21 Å². The van der Waals surface area contributed by atoms with E-state index < -0.39 is 5.83 Å². The van der Waals surface area contributed by atoms with E-state index in [0.29, 0.717) is 5.92 Å². The molecule has 0 saturated carbocycles. The molecule has 0 amide bonds. The maximum Gasteiger partial charge on any atom is 0.180 e. The topological polar surface area (TPSA) is 50.4 Å². The van der Waals surface area contributed by atoms with Crippen LogP contribution in [-0.2, 0) is 0 Å². The molecule has 80 valence electrons. The van der Waals surface area contributed by atoms with Crippen LogP contribution in [0.15, 0.2) is 16.6 Å². The fourth-order valence-corrected chi connectivity index (χ4v) is 1.68. The van der Waals surface area contributed by atoms with Crippen molar-refractivity contribution in [3.05, 3.63) is 11.6 Å². The molecule has 0 bridgehead atoms. The van der Waals surface area contributed by atoms with E-state index in [0.717, 1.165) is 19.3 Å². The van der Waals surface area contributed by atoms with Crippen molar-refractivity contribution in [3.8, 4) is 0 Å². The third-order valence-electron chi connectivity index (χ3n) is 2.54.